The number of anilines is 1. The topological polar surface area (TPSA) is 64.0 Å². The average molecular weight is 283 g/mol. The number of aromatic nitrogens is 2. The number of nitrogens with zero attached hydrogens (tertiary/aromatic N) is 2. The number of para-hydroxylation sites is 1. The van der Waals surface area contributed by atoms with Crippen molar-refractivity contribution in [1.82, 2.24) is 9.78 Å². The molecule has 0 aliphatic heterocycles. The van der Waals surface area contributed by atoms with Crippen molar-refractivity contribution >= 4 is 11.6 Å². The second-order valence-corrected chi connectivity index (χ2v) is 5.37. The van der Waals surface area contributed by atoms with Crippen molar-refractivity contribution in [3.63, 3.8) is 0 Å². The summed E-state index contributed by atoms with van der Waals surface area (Å²) in [5, 5.41) is 7.19. The first-order valence-electron chi connectivity index (χ1n) is 7.05. The van der Waals surface area contributed by atoms with Crippen LogP contribution in [0.5, 0.6) is 0 Å². The molecule has 1 aliphatic carbocycles. The van der Waals surface area contributed by atoms with Crippen molar-refractivity contribution in [1.29, 1.82) is 0 Å². The molecule has 0 unspecified atom stereocenters. The van der Waals surface area contributed by atoms with E-state index in [1.54, 1.807) is 13.1 Å². The number of amides is 1. The summed E-state index contributed by atoms with van der Waals surface area (Å²) in [5.74, 6) is -0.0980. The number of rotatable bonds is 2. The van der Waals surface area contributed by atoms with E-state index in [2.05, 4.69) is 10.4 Å². The number of carbonyl (C=O) groups excluding carboxylic acids is 1. The van der Waals surface area contributed by atoms with E-state index in [1.165, 1.54) is 4.68 Å². The van der Waals surface area contributed by atoms with E-state index in [4.69, 9.17) is 0 Å². The maximum Gasteiger partial charge on any atom is 0.266 e. The third-order valence-electron chi connectivity index (χ3n) is 3.87. The Balaban J connectivity index is 1.75. The zero-order valence-corrected chi connectivity index (χ0v) is 11.9. The first-order chi connectivity index (χ1) is 10.1. The van der Waals surface area contributed by atoms with Gasteiger partial charge in [-0.05, 0) is 37.0 Å². The van der Waals surface area contributed by atoms with E-state index in [9.17, 15) is 9.59 Å². The Morgan fingerprint density at radius 2 is 2.10 bits per heavy atom. The Morgan fingerprint density at radius 3 is 2.86 bits per heavy atom. The van der Waals surface area contributed by atoms with Crippen LogP contribution in [0.4, 0.5) is 5.69 Å². The highest BCUT2D eigenvalue weighted by Crippen LogP contribution is 2.24. The Bertz CT molecular complexity index is 722. The lowest BCUT2D eigenvalue weighted by Gasteiger charge is -2.23. The molecule has 108 valence electrons. The number of nitrogens with one attached hydrogen (secondary N) is 1. The highest BCUT2D eigenvalue weighted by atomic mass is 16.2. The van der Waals surface area contributed by atoms with Gasteiger partial charge in [0, 0.05) is 24.7 Å². The Labute approximate surface area is 122 Å². The van der Waals surface area contributed by atoms with Gasteiger partial charge < -0.3 is 5.32 Å². The Morgan fingerprint density at radius 1 is 1.33 bits per heavy atom. The molecule has 0 saturated carbocycles. The lowest BCUT2D eigenvalue weighted by molar-refractivity contribution is -0.120. The minimum absolute atomic E-state index is 0.00697. The van der Waals surface area contributed by atoms with Crippen LogP contribution in [0.3, 0.4) is 0 Å². The monoisotopic (exact) mass is 283 g/mol. The van der Waals surface area contributed by atoms with Crippen LogP contribution in [0.2, 0.25) is 0 Å². The van der Waals surface area contributed by atoms with E-state index in [0.29, 0.717) is 6.42 Å². The summed E-state index contributed by atoms with van der Waals surface area (Å²) in [7, 11) is 1.65. The summed E-state index contributed by atoms with van der Waals surface area (Å²) < 4.78 is 1.35. The molecule has 0 fully saturated rings. The average Bonchev–Trinajstić information content (AvgIpc) is 2.49. The lowest BCUT2D eigenvalue weighted by Crippen LogP contribution is -2.31. The zero-order chi connectivity index (χ0) is 14.8. The molecule has 5 heteroatoms. The largest absolute Gasteiger partial charge is 0.326 e. The van der Waals surface area contributed by atoms with Crippen LogP contribution >= 0.6 is 0 Å². The maximum atomic E-state index is 12.3. The Hall–Kier alpha value is -2.43. The van der Waals surface area contributed by atoms with Gasteiger partial charge in [0.1, 0.15) is 0 Å². The van der Waals surface area contributed by atoms with E-state index in [-0.39, 0.29) is 17.4 Å². The van der Waals surface area contributed by atoms with E-state index >= 15 is 0 Å². The van der Waals surface area contributed by atoms with Crippen molar-refractivity contribution in [3.05, 3.63) is 58.0 Å². The number of fused-ring (bicyclic) bond motifs is 1. The molecule has 0 bridgehead atoms. The molecular weight excluding hydrogens is 266 g/mol. The molecular formula is C16H17N3O2. The molecule has 0 spiro atoms. The van der Waals surface area contributed by atoms with Crippen molar-refractivity contribution < 1.29 is 4.79 Å². The third-order valence-corrected chi connectivity index (χ3v) is 3.87. The van der Waals surface area contributed by atoms with E-state index in [0.717, 1.165) is 29.8 Å². The number of hydrogen-bond acceptors (Lipinski definition) is 3. The van der Waals surface area contributed by atoms with Crippen LogP contribution in [0, 0.1) is 5.92 Å². The number of benzene rings is 1. The number of hydrogen-bond donors (Lipinski definition) is 1. The zero-order valence-electron chi connectivity index (χ0n) is 11.9. The molecule has 0 saturated heterocycles. The van der Waals surface area contributed by atoms with Crippen molar-refractivity contribution in [2.45, 2.75) is 19.3 Å². The van der Waals surface area contributed by atoms with Crippen LogP contribution in [0.1, 0.15) is 17.7 Å². The summed E-state index contributed by atoms with van der Waals surface area (Å²) in [4.78, 5) is 24.0. The molecule has 1 amide bonds. The van der Waals surface area contributed by atoms with Gasteiger partial charge in [0.15, 0.2) is 0 Å². The van der Waals surface area contributed by atoms with Gasteiger partial charge >= 0.3 is 0 Å². The van der Waals surface area contributed by atoms with Crippen molar-refractivity contribution in [3.8, 4) is 0 Å². The lowest BCUT2D eigenvalue weighted by atomic mass is 9.86. The smallest absolute Gasteiger partial charge is 0.266 e. The molecule has 5 nitrogen and oxygen atoms in total. The molecule has 3 rings (SSSR count). The van der Waals surface area contributed by atoms with E-state index in [1.807, 2.05) is 30.3 Å². The van der Waals surface area contributed by atoms with Gasteiger partial charge in [-0.1, -0.05) is 18.2 Å². The molecule has 0 radical (unpaired) electrons. The fourth-order valence-electron chi connectivity index (χ4n) is 2.68. The molecule has 2 aromatic rings. The summed E-state index contributed by atoms with van der Waals surface area (Å²) >= 11 is 0. The van der Waals surface area contributed by atoms with Crippen molar-refractivity contribution in [2.24, 2.45) is 13.0 Å². The predicted molar refractivity (Wildman–Crippen MR) is 80.1 cm³/mol. The molecule has 1 aromatic carbocycles. The summed E-state index contributed by atoms with van der Waals surface area (Å²) in [6.45, 7) is 0. The van der Waals surface area contributed by atoms with Gasteiger partial charge in [-0.15, -0.1) is 0 Å². The predicted octanol–water partition coefficient (Wildman–Crippen LogP) is 1.52. The molecule has 21 heavy (non-hydrogen) atoms. The first-order valence-corrected chi connectivity index (χ1v) is 7.05. The number of carbonyl (C=O) groups is 1. The first kappa shape index (κ1) is 13.5. The number of aryl methyl sites for hydroxylation is 2. The van der Waals surface area contributed by atoms with Gasteiger partial charge in [-0.2, -0.15) is 5.10 Å². The minimum Gasteiger partial charge on any atom is -0.326 e. The van der Waals surface area contributed by atoms with E-state index < -0.39 is 0 Å². The summed E-state index contributed by atoms with van der Waals surface area (Å²) in [6, 6.07) is 11.0. The molecule has 1 aliphatic rings. The third kappa shape index (κ3) is 2.86. The normalized spacial score (nSPS) is 17.1. The van der Waals surface area contributed by atoms with Gasteiger partial charge in [-0.3, -0.25) is 9.59 Å². The highest BCUT2D eigenvalue weighted by molar-refractivity contribution is 5.92. The fourth-order valence-corrected chi connectivity index (χ4v) is 2.68. The maximum absolute atomic E-state index is 12.3. The molecule has 1 aromatic heterocycles. The van der Waals surface area contributed by atoms with Gasteiger partial charge in [0.05, 0.1) is 5.69 Å². The van der Waals surface area contributed by atoms with Crippen LogP contribution < -0.4 is 10.9 Å². The van der Waals surface area contributed by atoms with Gasteiger partial charge in [0.25, 0.3) is 5.56 Å². The van der Waals surface area contributed by atoms with Crippen LogP contribution in [-0.2, 0) is 24.7 Å². The highest BCUT2D eigenvalue weighted by Gasteiger charge is 2.26. The van der Waals surface area contributed by atoms with Crippen LogP contribution in [-0.4, -0.2) is 15.7 Å². The van der Waals surface area contributed by atoms with Gasteiger partial charge in [-0.25, -0.2) is 4.68 Å². The van der Waals surface area contributed by atoms with Crippen LogP contribution in [0.15, 0.2) is 41.2 Å². The Kier molecular flexibility index (Phi) is 3.56. The van der Waals surface area contributed by atoms with Gasteiger partial charge in [0.2, 0.25) is 5.91 Å². The SMILES string of the molecule is Cn1nc2c(cc1=O)C[C@H](C(=O)Nc1ccccc1)CC2. The molecule has 1 atom stereocenters. The van der Waals surface area contributed by atoms with Crippen molar-refractivity contribution in [2.75, 3.05) is 5.32 Å². The fraction of sp³-hybridized carbons (Fsp3) is 0.312. The quantitative estimate of drug-likeness (QED) is 0.909. The summed E-state index contributed by atoms with van der Waals surface area (Å²) in [5.41, 5.74) is 2.51. The molecule has 1 heterocycles. The second kappa shape index (κ2) is 5.52. The summed E-state index contributed by atoms with van der Waals surface area (Å²) in [6.07, 6.45) is 2.07. The molecule has 1 N–H and O–H groups in total. The minimum atomic E-state index is -0.127. The second-order valence-electron chi connectivity index (χ2n) is 5.37. The standard InChI is InChI=1S/C16H17N3O2/c1-19-15(20)10-12-9-11(7-8-14(12)18-19)16(21)17-13-5-3-2-4-6-13/h2-6,10-11H,7-9H2,1H3,(H,17,21)/t11-/m1/s1. The van der Waals surface area contributed by atoms with Crippen LogP contribution in [0.25, 0.3) is 0 Å².